The Labute approximate surface area is 177 Å². The molecular weight excluding hydrogens is 384 g/mol. The minimum Gasteiger partial charge on any atom is -0.459 e. The molecule has 6 heteroatoms. The summed E-state index contributed by atoms with van der Waals surface area (Å²) in [7, 11) is 0. The average molecular weight is 414 g/mol. The van der Waals surface area contributed by atoms with Crippen LogP contribution in [0.2, 0.25) is 0 Å². The van der Waals surface area contributed by atoms with Gasteiger partial charge in [-0.3, -0.25) is 0 Å². The lowest BCUT2D eigenvalue weighted by Crippen LogP contribution is -2.20. The van der Waals surface area contributed by atoms with Crippen LogP contribution < -0.4 is 0 Å². The zero-order valence-electron chi connectivity index (χ0n) is 17.4. The molecule has 0 spiro atoms. The molecule has 6 nitrogen and oxygen atoms in total. The van der Waals surface area contributed by atoms with Gasteiger partial charge in [0.1, 0.15) is 18.3 Å². The highest BCUT2D eigenvalue weighted by Gasteiger charge is 2.26. The summed E-state index contributed by atoms with van der Waals surface area (Å²) in [5, 5.41) is 0. The second-order valence-corrected chi connectivity index (χ2v) is 8.73. The number of benzene rings is 1. The Morgan fingerprint density at radius 2 is 0.733 bits per heavy atom. The fourth-order valence-electron chi connectivity index (χ4n) is 4.66. The molecular formula is C24H30O6. The summed E-state index contributed by atoms with van der Waals surface area (Å²) >= 11 is 0. The van der Waals surface area contributed by atoms with Gasteiger partial charge in [0.25, 0.3) is 0 Å². The van der Waals surface area contributed by atoms with Gasteiger partial charge in [0.15, 0.2) is 0 Å². The van der Waals surface area contributed by atoms with E-state index in [9.17, 15) is 14.4 Å². The number of esters is 3. The van der Waals surface area contributed by atoms with Crippen molar-refractivity contribution in [3.05, 3.63) is 34.9 Å². The number of carbonyl (C=O) groups is 3. The summed E-state index contributed by atoms with van der Waals surface area (Å²) in [5.41, 5.74) is 0.587. The van der Waals surface area contributed by atoms with Crippen molar-refractivity contribution >= 4 is 17.9 Å². The summed E-state index contributed by atoms with van der Waals surface area (Å²) in [4.78, 5) is 38.1. The molecule has 0 aliphatic heterocycles. The van der Waals surface area contributed by atoms with Crippen LogP contribution in [0.4, 0.5) is 0 Å². The number of rotatable bonds is 6. The molecule has 162 valence electrons. The first-order valence-corrected chi connectivity index (χ1v) is 11.4. The summed E-state index contributed by atoms with van der Waals surface area (Å²) in [6.07, 6.45) is 11.1. The minimum atomic E-state index is -0.507. The molecule has 30 heavy (non-hydrogen) atoms. The summed E-state index contributed by atoms with van der Waals surface area (Å²) in [6.45, 7) is 0. The van der Waals surface area contributed by atoms with Crippen LogP contribution in [0.5, 0.6) is 0 Å². The second kappa shape index (κ2) is 9.63. The molecule has 4 rings (SSSR count). The SMILES string of the molecule is O=C(OC1CCCC1)c1cc(C(=O)OC2CCCC2)cc(C(=O)OC2CCCC2)c1. The zero-order chi connectivity index (χ0) is 20.9. The van der Waals surface area contributed by atoms with Crippen molar-refractivity contribution in [2.45, 2.75) is 95.4 Å². The van der Waals surface area contributed by atoms with Gasteiger partial charge in [-0.2, -0.15) is 0 Å². The third-order valence-electron chi connectivity index (χ3n) is 6.37. The monoisotopic (exact) mass is 414 g/mol. The van der Waals surface area contributed by atoms with Gasteiger partial charge < -0.3 is 14.2 Å². The normalized spacial score (nSPS) is 20.4. The highest BCUT2D eigenvalue weighted by atomic mass is 16.6. The first kappa shape index (κ1) is 20.9. The quantitative estimate of drug-likeness (QED) is 0.482. The largest absolute Gasteiger partial charge is 0.459 e. The number of ether oxygens (including phenoxy) is 3. The molecule has 0 atom stereocenters. The Morgan fingerprint density at radius 3 is 0.967 bits per heavy atom. The molecule has 3 aliphatic rings. The molecule has 1 aromatic carbocycles. The third kappa shape index (κ3) is 5.21. The molecule has 0 unspecified atom stereocenters. The molecule has 3 saturated carbocycles. The van der Waals surface area contributed by atoms with Crippen LogP contribution in [0.15, 0.2) is 18.2 Å². The Hall–Kier alpha value is -2.37. The number of hydrogen-bond acceptors (Lipinski definition) is 6. The van der Waals surface area contributed by atoms with E-state index in [1.54, 1.807) is 0 Å². The van der Waals surface area contributed by atoms with Crippen LogP contribution in [0.25, 0.3) is 0 Å². The lowest BCUT2D eigenvalue weighted by atomic mass is 10.1. The van der Waals surface area contributed by atoms with Crippen molar-refractivity contribution in [1.82, 2.24) is 0 Å². The summed E-state index contributed by atoms with van der Waals surface area (Å²) in [6, 6.07) is 4.42. The van der Waals surface area contributed by atoms with Gasteiger partial charge in [-0.15, -0.1) is 0 Å². The fraction of sp³-hybridized carbons (Fsp3) is 0.625. The topological polar surface area (TPSA) is 78.9 Å². The van der Waals surface area contributed by atoms with Crippen molar-refractivity contribution in [2.75, 3.05) is 0 Å². The van der Waals surface area contributed by atoms with Crippen LogP contribution in [0.1, 0.15) is 108 Å². The molecule has 0 bridgehead atoms. The third-order valence-corrected chi connectivity index (χ3v) is 6.37. The van der Waals surface area contributed by atoms with Gasteiger partial charge in [0.05, 0.1) is 16.7 Å². The van der Waals surface area contributed by atoms with E-state index in [1.165, 1.54) is 18.2 Å². The Morgan fingerprint density at radius 1 is 0.500 bits per heavy atom. The van der Waals surface area contributed by atoms with Crippen LogP contribution in [0.3, 0.4) is 0 Å². The van der Waals surface area contributed by atoms with E-state index >= 15 is 0 Å². The maximum Gasteiger partial charge on any atom is 0.338 e. The highest BCUT2D eigenvalue weighted by molar-refractivity contribution is 6.00. The van der Waals surface area contributed by atoms with E-state index in [4.69, 9.17) is 14.2 Å². The maximum atomic E-state index is 12.7. The van der Waals surface area contributed by atoms with E-state index < -0.39 is 17.9 Å². The molecule has 3 fully saturated rings. The first-order chi connectivity index (χ1) is 14.6. The zero-order valence-corrected chi connectivity index (χ0v) is 17.4. The standard InChI is InChI=1S/C24H30O6/c25-22(28-19-7-1-2-8-19)16-13-17(23(26)29-20-9-3-4-10-20)15-18(14-16)24(27)30-21-11-5-6-12-21/h13-15,19-21H,1-12H2. The molecule has 3 aliphatic carbocycles. The van der Waals surface area contributed by atoms with Crippen LogP contribution in [-0.4, -0.2) is 36.2 Å². The van der Waals surface area contributed by atoms with Crippen LogP contribution in [-0.2, 0) is 14.2 Å². The maximum absolute atomic E-state index is 12.7. The van der Waals surface area contributed by atoms with E-state index in [1.807, 2.05) is 0 Å². The Bertz CT molecular complexity index is 666. The summed E-state index contributed by atoms with van der Waals surface area (Å²) in [5.74, 6) is -1.52. The van der Waals surface area contributed by atoms with Gasteiger partial charge in [-0.25, -0.2) is 14.4 Å². The molecule has 1 aromatic rings. The highest BCUT2D eigenvalue weighted by Crippen LogP contribution is 2.26. The smallest absolute Gasteiger partial charge is 0.338 e. The van der Waals surface area contributed by atoms with Crippen molar-refractivity contribution in [1.29, 1.82) is 0 Å². The fourth-order valence-corrected chi connectivity index (χ4v) is 4.66. The molecule has 0 amide bonds. The van der Waals surface area contributed by atoms with E-state index in [2.05, 4.69) is 0 Å². The molecule has 0 heterocycles. The van der Waals surface area contributed by atoms with Crippen LogP contribution in [0, 0.1) is 0 Å². The average Bonchev–Trinajstić information content (AvgIpc) is 3.51. The summed E-state index contributed by atoms with van der Waals surface area (Å²) < 4.78 is 16.8. The van der Waals surface area contributed by atoms with Crippen molar-refractivity contribution in [2.24, 2.45) is 0 Å². The van der Waals surface area contributed by atoms with Gasteiger partial charge in [-0.05, 0) is 95.2 Å². The number of hydrogen-bond donors (Lipinski definition) is 0. The molecule has 0 radical (unpaired) electrons. The first-order valence-electron chi connectivity index (χ1n) is 11.4. The lowest BCUT2D eigenvalue weighted by molar-refractivity contribution is 0.0315. The molecule has 0 N–H and O–H groups in total. The van der Waals surface area contributed by atoms with Gasteiger partial charge in [0.2, 0.25) is 0 Å². The predicted octanol–water partition coefficient (Wildman–Crippen LogP) is 4.98. The van der Waals surface area contributed by atoms with Crippen molar-refractivity contribution in [3.8, 4) is 0 Å². The van der Waals surface area contributed by atoms with Gasteiger partial charge in [-0.1, -0.05) is 0 Å². The van der Waals surface area contributed by atoms with Crippen molar-refractivity contribution < 1.29 is 28.6 Å². The molecule has 0 saturated heterocycles. The Kier molecular flexibility index (Phi) is 6.70. The number of carbonyl (C=O) groups excluding carboxylic acids is 3. The van der Waals surface area contributed by atoms with E-state index in [-0.39, 0.29) is 35.0 Å². The van der Waals surface area contributed by atoms with Crippen LogP contribution >= 0.6 is 0 Å². The predicted molar refractivity (Wildman–Crippen MR) is 109 cm³/mol. The second-order valence-electron chi connectivity index (χ2n) is 8.73. The van der Waals surface area contributed by atoms with Gasteiger partial charge >= 0.3 is 17.9 Å². The van der Waals surface area contributed by atoms with Gasteiger partial charge in [0, 0.05) is 0 Å². The minimum absolute atomic E-state index is 0.0968. The van der Waals surface area contributed by atoms with E-state index in [0.29, 0.717) is 0 Å². The van der Waals surface area contributed by atoms with E-state index in [0.717, 1.165) is 77.0 Å². The Balaban J connectivity index is 1.54. The lowest BCUT2D eigenvalue weighted by Gasteiger charge is -2.16. The molecule has 0 aromatic heterocycles. The van der Waals surface area contributed by atoms with Crippen molar-refractivity contribution in [3.63, 3.8) is 0 Å².